The molecule has 0 saturated heterocycles. The predicted molar refractivity (Wildman–Crippen MR) is 29.9 cm³/mol. The summed E-state index contributed by atoms with van der Waals surface area (Å²) in [6, 6.07) is 0. The first kappa shape index (κ1) is 58.0. The molecule has 0 rings (SSSR count). The zero-order valence-electron chi connectivity index (χ0n) is 5.15. The van der Waals surface area contributed by atoms with Gasteiger partial charge in [0.25, 0.3) is 0 Å². The molecule has 0 aromatic carbocycles. The molecule has 0 atom stereocenters. The summed E-state index contributed by atoms with van der Waals surface area (Å²) < 4.78 is 0. The van der Waals surface area contributed by atoms with Crippen LogP contribution in [0.1, 0.15) is 13.8 Å². The van der Waals surface area contributed by atoms with Crippen molar-refractivity contribution in [2.75, 3.05) is 0 Å². The Kier molecular flexibility index (Phi) is 1170. The molecule has 0 aliphatic heterocycles. The molecular weight excluding hydrogens is 148 g/mol. The summed E-state index contributed by atoms with van der Waals surface area (Å²) in [6.45, 7) is 4.00. The quantitative estimate of drug-likeness (QED) is 0.372. The maximum atomic E-state index is 2.00. The zero-order valence-corrected chi connectivity index (χ0v) is 7.99. The normalized spacial score (nSPS) is 1.00. The van der Waals surface area contributed by atoms with Crippen LogP contribution in [-0.2, 0) is 32.7 Å². The maximum absolute atomic E-state index is 2.00. The van der Waals surface area contributed by atoms with Crippen molar-refractivity contribution >= 4 is 8.41 Å². The Bertz CT molecular complexity index is 7.51. The van der Waals surface area contributed by atoms with Gasteiger partial charge in [-0.25, -0.2) is 0 Å². The van der Waals surface area contributed by atoms with E-state index in [0.717, 1.165) is 0 Å². The van der Waals surface area contributed by atoms with Crippen molar-refractivity contribution in [3.8, 4) is 0 Å². The summed E-state index contributed by atoms with van der Waals surface area (Å²) in [5, 5.41) is 0. The fourth-order valence-corrected chi connectivity index (χ4v) is 0. The standard InChI is InChI=1S/C2H6.2CH3.B.Y/c1-2;;;;/h1-2H3;2*1H3;;/q;2*-1;;. The molecule has 6 heavy (non-hydrogen) atoms. The third-order valence-corrected chi connectivity index (χ3v) is 0. The van der Waals surface area contributed by atoms with E-state index in [9.17, 15) is 0 Å². The summed E-state index contributed by atoms with van der Waals surface area (Å²) >= 11 is 0. The fraction of sp³-hybridized carbons (Fsp3) is 0.500. The molecule has 2 heteroatoms. The molecule has 4 radical (unpaired) electrons. The van der Waals surface area contributed by atoms with Crippen LogP contribution >= 0.6 is 0 Å². The van der Waals surface area contributed by atoms with Crippen LogP contribution < -0.4 is 0 Å². The second kappa shape index (κ2) is 121. The van der Waals surface area contributed by atoms with E-state index in [4.69, 9.17) is 0 Å². The van der Waals surface area contributed by atoms with Crippen LogP contribution in [0.4, 0.5) is 0 Å². The van der Waals surface area contributed by atoms with Crippen LogP contribution in [0.25, 0.3) is 0 Å². The van der Waals surface area contributed by atoms with Gasteiger partial charge in [0.15, 0.2) is 0 Å². The molecule has 0 heterocycles. The Morgan fingerprint density at radius 3 is 0.833 bits per heavy atom. The molecule has 0 aromatic heterocycles. The van der Waals surface area contributed by atoms with Crippen LogP contribution in [0.15, 0.2) is 0 Å². The molecule has 36 valence electrons. The van der Waals surface area contributed by atoms with Gasteiger partial charge in [-0.05, 0) is 0 Å². The zero-order chi connectivity index (χ0) is 2.00. The second-order valence-electron chi connectivity index (χ2n) is 0. The first-order valence-electron chi connectivity index (χ1n) is 1.00. The maximum Gasteiger partial charge on any atom is 0 e. The van der Waals surface area contributed by atoms with E-state index in [1.165, 1.54) is 0 Å². The van der Waals surface area contributed by atoms with Crippen LogP contribution in [0.5, 0.6) is 0 Å². The monoisotopic (exact) mass is 160 g/mol. The first-order chi connectivity index (χ1) is 1.00. The Balaban J connectivity index is -0.000000000833. The van der Waals surface area contributed by atoms with Crippen molar-refractivity contribution in [3.05, 3.63) is 14.9 Å². The van der Waals surface area contributed by atoms with Crippen molar-refractivity contribution in [3.63, 3.8) is 0 Å². The first-order valence-corrected chi connectivity index (χ1v) is 1.00. The molecule has 0 nitrogen and oxygen atoms in total. The summed E-state index contributed by atoms with van der Waals surface area (Å²) in [5.41, 5.74) is 0. The van der Waals surface area contributed by atoms with Gasteiger partial charge in [-0.15, -0.1) is 0 Å². The Hall–Kier alpha value is 1.17. The van der Waals surface area contributed by atoms with Crippen LogP contribution in [0.3, 0.4) is 0 Å². The van der Waals surface area contributed by atoms with E-state index in [-0.39, 0.29) is 56.0 Å². The Morgan fingerprint density at radius 1 is 0.833 bits per heavy atom. The van der Waals surface area contributed by atoms with Gasteiger partial charge in [-0.3, -0.25) is 0 Å². The van der Waals surface area contributed by atoms with Crippen molar-refractivity contribution in [2.24, 2.45) is 0 Å². The number of rotatable bonds is 0. The predicted octanol–water partition coefficient (Wildman–Crippen LogP) is 1.54. The van der Waals surface area contributed by atoms with Crippen molar-refractivity contribution in [2.45, 2.75) is 13.8 Å². The Labute approximate surface area is 69.6 Å². The summed E-state index contributed by atoms with van der Waals surface area (Å²) in [7, 11) is 0. The van der Waals surface area contributed by atoms with Crippen molar-refractivity contribution in [1.29, 1.82) is 0 Å². The van der Waals surface area contributed by atoms with E-state index in [1.807, 2.05) is 13.8 Å². The molecule has 0 aliphatic carbocycles. The van der Waals surface area contributed by atoms with Crippen molar-refractivity contribution in [1.82, 2.24) is 0 Å². The second-order valence-corrected chi connectivity index (χ2v) is 0. The van der Waals surface area contributed by atoms with Crippen molar-refractivity contribution < 1.29 is 32.7 Å². The Morgan fingerprint density at radius 2 is 0.833 bits per heavy atom. The molecule has 0 aromatic rings. The average molecular weight is 160 g/mol. The average Bonchev–Trinajstić information content (AvgIpc) is 1.00. The van der Waals surface area contributed by atoms with Gasteiger partial charge in [0.1, 0.15) is 0 Å². The molecule has 0 saturated carbocycles. The van der Waals surface area contributed by atoms with Gasteiger partial charge in [-0.1, -0.05) is 13.8 Å². The minimum Gasteiger partial charge on any atom is -0.358 e. The van der Waals surface area contributed by atoms with Gasteiger partial charge in [-0.2, -0.15) is 0 Å². The molecular formula is C4H12BY-2. The minimum atomic E-state index is 0. The molecule has 0 amide bonds. The number of hydrogen-bond donors (Lipinski definition) is 0. The third kappa shape index (κ3) is 65.8. The van der Waals surface area contributed by atoms with E-state index in [0.29, 0.717) is 0 Å². The van der Waals surface area contributed by atoms with E-state index >= 15 is 0 Å². The SMILES string of the molecule is CC.[B].[CH3-].[CH3-].[Y]. The van der Waals surface area contributed by atoms with Gasteiger partial charge < -0.3 is 14.9 Å². The summed E-state index contributed by atoms with van der Waals surface area (Å²) in [4.78, 5) is 0. The third-order valence-electron chi connectivity index (χ3n) is 0. The fourth-order valence-electron chi connectivity index (χ4n) is 0. The minimum absolute atomic E-state index is 0. The van der Waals surface area contributed by atoms with Gasteiger partial charge >= 0.3 is 0 Å². The van der Waals surface area contributed by atoms with Gasteiger partial charge in [0.2, 0.25) is 0 Å². The van der Waals surface area contributed by atoms with Crippen LogP contribution in [0.2, 0.25) is 0 Å². The van der Waals surface area contributed by atoms with Crippen LogP contribution in [-0.4, -0.2) is 8.41 Å². The van der Waals surface area contributed by atoms with Crippen LogP contribution in [0, 0.1) is 14.9 Å². The number of hydrogen-bond acceptors (Lipinski definition) is 0. The van der Waals surface area contributed by atoms with E-state index in [2.05, 4.69) is 0 Å². The van der Waals surface area contributed by atoms with Gasteiger partial charge in [0, 0.05) is 41.1 Å². The van der Waals surface area contributed by atoms with E-state index in [1.54, 1.807) is 0 Å². The topological polar surface area (TPSA) is 0 Å². The molecule has 0 N–H and O–H groups in total. The van der Waals surface area contributed by atoms with E-state index < -0.39 is 0 Å². The molecule has 0 bridgehead atoms. The molecule has 0 aliphatic rings. The largest absolute Gasteiger partial charge is 0.358 e. The van der Waals surface area contributed by atoms with Gasteiger partial charge in [0.05, 0.1) is 0 Å². The molecule has 0 unspecified atom stereocenters. The summed E-state index contributed by atoms with van der Waals surface area (Å²) in [5.74, 6) is 0. The smallest absolute Gasteiger partial charge is 0 e. The molecule has 0 spiro atoms. The molecule has 0 fully saturated rings. The summed E-state index contributed by atoms with van der Waals surface area (Å²) in [6.07, 6.45) is 0.